The molecule has 0 aliphatic carbocycles. The maximum absolute atomic E-state index is 11.3. The van der Waals surface area contributed by atoms with E-state index < -0.39 is 5.60 Å². The number of nitrogens with one attached hydrogen (secondary N) is 2. The second kappa shape index (κ2) is 11.5. The molecule has 0 spiro atoms. The summed E-state index contributed by atoms with van der Waals surface area (Å²) in [6, 6.07) is 13.7. The summed E-state index contributed by atoms with van der Waals surface area (Å²) >= 11 is 1.66. The molecule has 174 valence electrons. The van der Waals surface area contributed by atoms with E-state index in [-0.39, 0.29) is 0 Å². The highest BCUT2D eigenvalue weighted by Crippen LogP contribution is 2.45. The number of carbonyl (C=O) groups is 1. The average molecular weight is 457 g/mol. The van der Waals surface area contributed by atoms with Gasteiger partial charge in [0.2, 0.25) is 6.41 Å². The standard InChI is InChI=1S/C23H30N4O2S.C2H6/c1-16(22-23(2,29)19-8-6-7-9-21(19)25-22)18-14-17(10-11-20(18)24-15-28)30-27(5)13-12-26(3)4;1-2/h6-11,14-15,25,29H,12-13H2,1-5H3,(H,24,28);1-2H3/b22-16+;. The Kier molecular flexibility index (Phi) is 9.33. The first-order valence-electron chi connectivity index (χ1n) is 10.9. The lowest BCUT2D eigenvalue weighted by Crippen LogP contribution is -2.24. The van der Waals surface area contributed by atoms with Crippen molar-refractivity contribution in [3.8, 4) is 0 Å². The predicted molar refractivity (Wildman–Crippen MR) is 137 cm³/mol. The number of benzene rings is 2. The normalized spacial score (nSPS) is 18.6. The molecule has 1 unspecified atom stereocenters. The Labute approximate surface area is 196 Å². The maximum Gasteiger partial charge on any atom is 0.211 e. The fourth-order valence-corrected chi connectivity index (χ4v) is 4.48. The summed E-state index contributed by atoms with van der Waals surface area (Å²) in [5.41, 5.74) is 3.81. The molecule has 0 fully saturated rings. The van der Waals surface area contributed by atoms with Crippen LogP contribution in [-0.4, -0.2) is 55.0 Å². The van der Waals surface area contributed by atoms with Gasteiger partial charge in [-0.15, -0.1) is 0 Å². The van der Waals surface area contributed by atoms with Crippen LogP contribution in [0, 0.1) is 0 Å². The van der Waals surface area contributed by atoms with Gasteiger partial charge in [-0.2, -0.15) is 0 Å². The van der Waals surface area contributed by atoms with Crippen molar-refractivity contribution in [2.24, 2.45) is 0 Å². The molecule has 32 heavy (non-hydrogen) atoms. The summed E-state index contributed by atoms with van der Waals surface area (Å²) in [7, 11) is 6.19. The van der Waals surface area contributed by atoms with Crippen LogP contribution >= 0.6 is 11.9 Å². The molecule has 3 rings (SSSR count). The van der Waals surface area contributed by atoms with Crippen LogP contribution in [0.5, 0.6) is 0 Å². The Morgan fingerprint density at radius 3 is 2.47 bits per heavy atom. The van der Waals surface area contributed by atoms with Crippen molar-refractivity contribution in [3.05, 3.63) is 59.3 Å². The Morgan fingerprint density at radius 1 is 1.16 bits per heavy atom. The minimum atomic E-state index is -1.13. The smallest absolute Gasteiger partial charge is 0.211 e. The molecule has 1 atom stereocenters. The van der Waals surface area contributed by atoms with Crippen molar-refractivity contribution in [3.63, 3.8) is 0 Å². The van der Waals surface area contributed by atoms with Gasteiger partial charge in [0.1, 0.15) is 5.60 Å². The van der Waals surface area contributed by atoms with Crippen molar-refractivity contribution in [2.45, 2.75) is 38.2 Å². The van der Waals surface area contributed by atoms with Crippen LogP contribution in [0.4, 0.5) is 11.4 Å². The number of allylic oxidation sites excluding steroid dienone is 1. The number of aliphatic hydroxyl groups is 1. The SMILES string of the molecule is C/C(=C1\Nc2ccccc2C1(C)O)c1cc(SN(C)CCN(C)C)ccc1NC=O.CC. The van der Waals surface area contributed by atoms with E-state index in [1.807, 2.05) is 57.2 Å². The average Bonchev–Trinajstić information content (AvgIpc) is 3.05. The lowest BCUT2D eigenvalue weighted by molar-refractivity contribution is -0.105. The Bertz CT molecular complexity index is 957. The van der Waals surface area contributed by atoms with E-state index in [0.717, 1.165) is 46.1 Å². The lowest BCUT2D eigenvalue weighted by Gasteiger charge is -2.23. The highest BCUT2D eigenvalue weighted by Gasteiger charge is 2.38. The fourth-order valence-electron chi connectivity index (χ4n) is 3.65. The van der Waals surface area contributed by atoms with E-state index in [1.165, 1.54) is 0 Å². The summed E-state index contributed by atoms with van der Waals surface area (Å²) < 4.78 is 2.19. The van der Waals surface area contributed by atoms with Crippen LogP contribution in [0.1, 0.15) is 38.8 Å². The van der Waals surface area contributed by atoms with E-state index in [0.29, 0.717) is 12.1 Å². The van der Waals surface area contributed by atoms with Crippen molar-refractivity contribution >= 4 is 35.3 Å². The zero-order valence-corrected chi connectivity index (χ0v) is 21.0. The molecule has 0 aromatic heterocycles. The summed E-state index contributed by atoms with van der Waals surface area (Å²) in [6.07, 6.45) is 0.682. The van der Waals surface area contributed by atoms with E-state index in [4.69, 9.17) is 0 Å². The van der Waals surface area contributed by atoms with Gasteiger partial charge in [0.25, 0.3) is 0 Å². The predicted octanol–water partition coefficient (Wildman–Crippen LogP) is 4.85. The highest BCUT2D eigenvalue weighted by atomic mass is 32.2. The van der Waals surface area contributed by atoms with E-state index >= 15 is 0 Å². The molecule has 3 N–H and O–H groups in total. The maximum atomic E-state index is 11.3. The molecular formula is C25H36N4O2S. The molecule has 2 aromatic carbocycles. The molecule has 1 amide bonds. The Morgan fingerprint density at radius 2 is 1.84 bits per heavy atom. The molecule has 6 nitrogen and oxygen atoms in total. The molecule has 2 aromatic rings. The number of fused-ring (bicyclic) bond motifs is 1. The first-order valence-corrected chi connectivity index (χ1v) is 11.7. The van der Waals surface area contributed by atoms with E-state index in [2.05, 4.69) is 47.0 Å². The fraction of sp³-hybridized carbons (Fsp3) is 0.400. The molecule has 7 heteroatoms. The van der Waals surface area contributed by atoms with Crippen molar-refractivity contribution in [2.75, 3.05) is 44.9 Å². The van der Waals surface area contributed by atoms with Crippen LogP contribution in [0.25, 0.3) is 5.57 Å². The number of carbonyl (C=O) groups excluding carboxylic acids is 1. The second-order valence-corrected chi connectivity index (χ2v) is 9.24. The molecule has 0 radical (unpaired) electrons. The van der Waals surface area contributed by atoms with Gasteiger partial charge in [0.05, 0.1) is 5.70 Å². The van der Waals surface area contributed by atoms with Crippen LogP contribution in [0.15, 0.2) is 53.1 Å². The number of amides is 1. The van der Waals surface area contributed by atoms with Gasteiger partial charge in [0, 0.05) is 40.5 Å². The lowest BCUT2D eigenvalue weighted by atomic mass is 9.90. The molecule has 0 saturated heterocycles. The summed E-state index contributed by atoms with van der Waals surface area (Å²) in [4.78, 5) is 14.4. The van der Waals surface area contributed by atoms with Gasteiger partial charge >= 0.3 is 0 Å². The summed E-state index contributed by atoms with van der Waals surface area (Å²) in [6.45, 7) is 9.66. The molecule has 1 aliphatic rings. The van der Waals surface area contributed by atoms with Gasteiger partial charge in [-0.05, 0) is 76.8 Å². The third-order valence-electron chi connectivity index (χ3n) is 5.31. The van der Waals surface area contributed by atoms with Crippen molar-refractivity contribution in [1.82, 2.24) is 9.21 Å². The van der Waals surface area contributed by atoms with Gasteiger partial charge in [0.15, 0.2) is 0 Å². The van der Waals surface area contributed by atoms with Crippen LogP contribution in [0.2, 0.25) is 0 Å². The van der Waals surface area contributed by atoms with Crippen LogP contribution < -0.4 is 10.6 Å². The minimum Gasteiger partial charge on any atom is -0.379 e. The summed E-state index contributed by atoms with van der Waals surface area (Å²) in [5.74, 6) is 0. The Balaban J connectivity index is 0.00000176. The number of para-hydroxylation sites is 1. The first-order chi connectivity index (χ1) is 15.2. The van der Waals surface area contributed by atoms with Gasteiger partial charge < -0.3 is 20.6 Å². The quantitative estimate of drug-likeness (QED) is 0.390. The van der Waals surface area contributed by atoms with Crippen molar-refractivity contribution in [1.29, 1.82) is 0 Å². The number of nitrogens with zero attached hydrogens (tertiary/aromatic N) is 2. The monoisotopic (exact) mass is 456 g/mol. The van der Waals surface area contributed by atoms with Gasteiger partial charge in [-0.25, -0.2) is 4.31 Å². The molecular weight excluding hydrogens is 420 g/mol. The topological polar surface area (TPSA) is 67.8 Å². The van der Waals surface area contributed by atoms with E-state index in [1.54, 1.807) is 18.9 Å². The Hall–Kier alpha value is -2.32. The largest absolute Gasteiger partial charge is 0.379 e. The summed E-state index contributed by atoms with van der Waals surface area (Å²) in [5, 5.41) is 17.4. The minimum absolute atomic E-state index is 0.682. The second-order valence-electron chi connectivity index (χ2n) is 7.96. The van der Waals surface area contributed by atoms with Gasteiger partial charge in [-0.1, -0.05) is 32.0 Å². The number of likely N-dealkylation sites (N-methyl/N-ethyl adjacent to an activating group) is 2. The van der Waals surface area contributed by atoms with Gasteiger partial charge in [-0.3, -0.25) is 4.79 Å². The molecule has 1 heterocycles. The number of anilines is 2. The third kappa shape index (κ3) is 5.92. The van der Waals surface area contributed by atoms with Crippen LogP contribution in [0.3, 0.4) is 0 Å². The number of rotatable bonds is 8. The number of hydrogen-bond acceptors (Lipinski definition) is 6. The van der Waals surface area contributed by atoms with Crippen LogP contribution in [-0.2, 0) is 10.4 Å². The van der Waals surface area contributed by atoms with E-state index in [9.17, 15) is 9.90 Å². The molecule has 0 bridgehead atoms. The zero-order valence-electron chi connectivity index (χ0n) is 20.2. The third-order valence-corrected chi connectivity index (χ3v) is 6.26. The first kappa shape index (κ1) is 25.9. The van der Waals surface area contributed by atoms with Crippen molar-refractivity contribution < 1.29 is 9.90 Å². The highest BCUT2D eigenvalue weighted by molar-refractivity contribution is 7.97. The number of hydrogen-bond donors (Lipinski definition) is 3. The molecule has 0 saturated carbocycles. The molecule has 1 aliphatic heterocycles. The zero-order chi connectivity index (χ0) is 23.9.